The summed E-state index contributed by atoms with van der Waals surface area (Å²) in [4.78, 5) is 19.7. The van der Waals surface area contributed by atoms with Crippen LogP contribution in [-0.4, -0.2) is 24.2 Å². The largest absolute Gasteiger partial charge is 0.398 e. The second-order valence-electron chi connectivity index (χ2n) is 5.45. The average molecular weight is 423 g/mol. The zero-order valence-corrected chi connectivity index (χ0v) is 15.0. The molecule has 7 heteroatoms. The van der Waals surface area contributed by atoms with Gasteiger partial charge in [0.2, 0.25) is 0 Å². The Balaban J connectivity index is 2.24. The fourth-order valence-corrected chi connectivity index (χ4v) is 3.20. The maximum absolute atomic E-state index is 12.4. The number of nitrogens with two attached hydrogens (primary N) is 1. The van der Waals surface area contributed by atoms with E-state index in [0.29, 0.717) is 17.5 Å². The highest BCUT2D eigenvalue weighted by atomic mass is 127. The van der Waals surface area contributed by atoms with Crippen LogP contribution in [0.5, 0.6) is 0 Å². The van der Waals surface area contributed by atoms with Gasteiger partial charge < -0.3 is 10.7 Å². The van der Waals surface area contributed by atoms with Crippen LogP contribution in [0.2, 0.25) is 0 Å². The van der Waals surface area contributed by atoms with Gasteiger partial charge in [-0.25, -0.2) is 4.98 Å². The Morgan fingerprint density at radius 1 is 1.39 bits per heavy atom. The van der Waals surface area contributed by atoms with E-state index < -0.39 is 0 Å². The summed E-state index contributed by atoms with van der Waals surface area (Å²) in [6.45, 7) is 0. The monoisotopic (exact) mass is 423 g/mol. The van der Waals surface area contributed by atoms with Crippen molar-refractivity contribution in [3.05, 3.63) is 52.0 Å². The van der Waals surface area contributed by atoms with Gasteiger partial charge in [0.25, 0.3) is 5.56 Å². The molecule has 0 saturated carbocycles. The van der Waals surface area contributed by atoms with E-state index in [1.54, 1.807) is 4.68 Å². The van der Waals surface area contributed by atoms with E-state index in [9.17, 15) is 4.79 Å². The summed E-state index contributed by atoms with van der Waals surface area (Å²) in [6, 6.07) is 5.46. The normalized spacial score (nSPS) is 11.2. The van der Waals surface area contributed by atoms with Gasteiger partial charge in [-0.15, -0.1) is 0 Å². The van der Waals surface area contributed by atoms with Gasteiger partial charge in [-0.2, -0.15) is 5.10 Å². The lowest BCUT2D eigenvalue weighted by Crippen LogP contribution is -2.15. The number of halogens is 1. The first-order valence-electron chi connectivity index (χ1n) is 7.43. The van der Waals surface area contributed by atoms with Crippen molar-refractivity contribution in [2.75, 3.05) is 10.2 Å². The molecular formula is C16H18IN5O. The predicted octanol–water partition coefficient (Wildman–Crippen LogP) is 2.20. The van der Waals surface area contributed by atoms with E-state index in [1.807, 2.05) is 25.2 Å². The number of nitrogens with zero attached hydrogens (tertiary/aromatic N) is 3. The number of pyridine rings is 1. The SMILES string of the molecule is Cn1ncnc1Cc1c(CCCI)[nH]c(=O)c2cccc(N)c12. The number of nitrogen functional groups attached to an aromatic ring is 1. The van der Waals surface area contributed by atoms with Crippen LogP contribution in [0.15, 0.2) is 29.3 Å². The van der Waals surface area contributed by atoms with Gasteiger partial charge in [-0.05, 0) is 35.0 Å². The molecule has 0 radical (unpaired) electrons. The minimum atomic E-state index is -0.0857. The highest BCUT2D eigenvalue weighted by Gasteiger charge is 2.16. The molecule has 23 heavy (non-hydrogen) atoms. The number of aromatic nitrogens is 4. The molecule has 3 aromatic rings. The summed E-state index contributed by atoms with van der Waals surface area (Å²) >= 11 is 2.34. The van der Waals surface area contributed by atoms with Crippen LogP contribution >= 0.6 is 22.6 Å². The van der Waals surface area contributed by atoms with Gasteiger partial charge in [0.05, 0.1) is 0 Å². The van der Waals surface area contributed by atoms with E-state index in [2.05, 4.69) is 37.7 Å². The second kappa shape index (κ2) is 6.69. The molecule has 0 unspecified atom stereocenters. The summed E-state index contributed by atoms with van der Waals surface area (Å²) in [5, 5.41) is 5.59. The zero-order valence-electron chi connectivity index (χ0n) is 12.8. The molecule has 120 valence electrons. The Hall–Kier alpha value is -1.90. The van der Waals surface area contributed by atoms with Crippen molar-refractivity contribution >= 4 is 39.1 Å². The van der Waals surface area contributed by atoms with Crippen molar-refractivity contribution < 1.29 is 0 Å². The summed E-state index contributed by atoms with van der Waals surface area (Å²) in [5.74, 6) is 0.845. The first-order valence-corrected chi connectivity index (χ1v) is 8.95. The highest BCUT2D eigenvalue weighted by Crippen LogP contribution is 2.26. The lowest BCUT2D eigenvalue weighted by atomic mass is 9.97. The molecule has 0 amide bonds. The Kier molecular flexibility index (Phi) is 4.65. The van der Waals surface area contributed by atoms with Crippen LogP contribution in [0.3, 0.4) is 0 Å². The first kappa shape index (κ1) is 16.0. The van der Waals surface area contributed by atoms with Crippen LogP contribution in [0.4, 0.5) is 5.69 Å². The van der Waals surface area contributed by atoms with Crippen molar-refractivity contribution in [3.8, 4) is 0 Å². The van der Waals surface area contributed by atoms with Crippen molar-refractivity contribution in [1.29, 1.82) is 0 Å². The molecule has 0 aliphatic heterocycles. The Labute approximate surface area is 147 Å². The van der Waals surface area contributed by atoms with Crippen LogP contribution in [0.1, 0.15) is 23.5 Å². The molecule has 6 nitrogen and oxygen atoms in total. The molecule has 0 saturated heterocycles. The van der Waals surface area contributed by atoms with Gasteiger partial charge in [0.15, 0.2) is 0 Å². The van der Waals surface area contributed by atoms with Crippen LogP contribution < -0.4 is 11.3 Å². The summed E-state index contributed by atoms with van der Waals surface area (Å²) in [5.41, 5.74) is 8.72. The molecule has 3 rings (SSSR count). The quantitative estimate of drug-likeness (QED) is 0.374. The van der Waals surface area contributed by atoms with Crippen LogP contribution in [-0.2, 0) is 19.9 Å². The second-order valence-corrected chi connectivity index (χ2v) is 6.53. The summed E-state index contributed by atoms with van der Waals surface area (Å²) in [7, 11) is 1.87. The molecule has 0 fully saturated rings. The molecular weight excluding hydrogens is 405 g/mol. The third-order valence-corrected chi connectivity index (χ3v) is 4.74. The lowest BCUT2D eigenvalue weighted by Gasteiger charge is -2.14. The molecule has 0 aliphatic carbocycles. The smallest absolute Gasteiger partial charge is 0.256 e. The highest BCUT2D eigenvalue weighted by molar-refractivity contribution is 14.1. The maximum atomic E-state index is 12.4. The van der Waals surface area contributed by atoms with Crippen molar-refractivity contribution in [2.45, 2.75) is 19.3 Å². The number of aromatic amines is 1. The number of benzene rings is 1. The lowest BCUT2D eigenvalue weighted by molar-refractivity contribution is 0.713. The van der Waals surface area contributed by atoms with Gasteiger partial charge >= 0.3 is 0 Å². The number of aryl methyl sites for hydroxylation is 2. The van der Waals surface area contributed by atoms with Gasteiger partial charge in [0.1, 0.15) is 12.2 Å². The van der Waals surface area contributed by atoms with Crippen molar-refractivity contribution in [2.24, 2.45) is 7.05 Å². The fourth-order valence-electron chi connectivity index (χ4n) is 2.82. The average Bonchev–Trinajstić information content (AvgIpc) is 2.93. The van der Waals surface area contributed by atoms with Crippen LogP contribution in [0.25, 0.3) is 10.8 Å². The van der Waals surface area contributed by atoms with E-state index in [4.69, 9.17) is 5.73 Å². The fraction of sp³-hybridized carbons (Fsp3) is 0.312. The molecule has 2 heterocycles. The summed E-state index contributed by atoms with van der Waals surface area (Å²) < 4.78 is 2.78. The van der Waals surface area contributed by atoms with E-state index in [0.717, 1.165) is 39.7 Å². The number of nitrogens with one attached hydrogen (secondary N) is 1. The maximum Gasteiger partial charge on any atom is 0.256 e. The van der Waals surface area contributed by atoms with E-state index >= 15 is 0 Å². The zero-order chi connectivity index (χ0) is 16.4. The van der Waals surface area contributed by atoms with E-state index in [1.165, 1.54) is 6.33 Å². The first-order chi connectivity index (χ1) is 11.1. The third-order valence-electron chi connectivity index (χ3n) is 3.97. The number of fused-ring (bicyclic) bond motifs is 1. The molecule has 0 spiro atoms. The third kappa shape index (κ3) is 3.10. The minimum absolute atomic E-state index is 0.0857. The van der Waals surface area contributed by atoms with Gasteiger partial charge in [0, 0.05) is 35.6 Å². The number of alkyl halides is 1. The molecule has 0 bridgehead atoms. The molecule has 0 aliphatic rings. The number of hydrogen-bond donors (Lipinski definition) is 2. The van der Waals surface area contributed by atoms with Crippen molar-refractivity contribution in [1.82, 2.24) is 19.7 Å². The number of H-pyrrole nitrogens is 1. The van der Waals surface area contributed by atoms with Crippen molar-refractivity contribution in [3.63, 3.8) is 0 Å². The number of anilines is 1. The molecule has 0 atom stereocenters. The number of rotatable bonds is 5. The van der Waals surface area contributed by atoms with Crippen LogP contribution in [0, 0.1) is 0 Å². The Bertz CT molecular complexity index is 899. The molecule has 2 aromatic heterocycles. The Morgan fingerprint density at radius 3 is 2.91 bits per heavy atom. The van der Waals surface area contributed by atoms with E-state index in [-0.39, 0.29) is 5.56 Å². The van der Waals surface area contributed by atoms with Gasteiger partial charge in [-0.1, -0.05) is 28.7 Å². The standard InChI is InChI=1S/C16H18IN5O/c1-22-14(19-9-20-22)8-11-13(6-3-7-17)21-16(23)10-4-2-5-12(18)15(10)11/h2,4-5,9H,3,6-8,18H2,1H3,(H,21,23). The minimum Gasteiger partial charge on any atom is -0.398 e. The van der Waals surface area contributed by atoms with Gasteiger partial charge in [-0.3, -0.25) is 9.48 Å². The molecule has 3 N–H and O–H groups in total. The number of hydrogen-bond acceptors (Lipinski definition) is 4. The topological polar surface area (TPSA) is 89.6 Å². The molecule has 1 aromatic carbocycles. The summed E-state index contributed by atoms with van der Waals surface area (Å²) in [6.07, 6.45) is 3.95. The predicted molar refractivity (Wildman–Crippen MR) is 100.0 cm³/mol. The Morgan fingerprint density at radius 2 is 2.22 bits per heavy atom.